The van der Waals surface area contributed by atoms with Gasteiger partial charge in [0.25, 0.3) is 11.5 Å². The summed E-state index contributed by atoms with van der Waals surface area (Å²) in [4.78, 5) is 36.1. The zero-order valence-corrected chi connectivity index (χ0v) is 19.6. The van der Waals surface area contributed by atoms with E-state index < -0.39 is 27.4 Å². The van der Waals surface area contributed by atoms with E-state index in [1.165, 1.54) is 6.07 Å². The first-order valence-corrected chi connectivity index (χ1v) is 11.8. The molecule has 0 radical (unpaired) electrons. The van der Waals surface area contributed by atoms with Crippen molar-refractivity contribution in [2.24, 2.45) is 0 Å². The minimum atomic E-state index is -3.85. The number of carbonyl (C=O) groups excluding carboxylic acids is 2. The van der Waals surface area contributed by atoms with Gasteiger partial charge in [0.1, 0.15) is 0 Å². The molecule has 0 saturated heterocycles. The number of fused-ring (bicyclic) bond motifs is 1. The van der Waals surface area contributed by atoms with Crippen LogP contribution in [0.4, 0.5) is 0 Å². The van der Waals surface area contributed by atoms with Crippen molar-refractivity contribution in [2.45, 2.75) is 11.3 Å². The van der Waals surface area contributed by atoms with Crippen molar-refractivity contribution in [2.75, 3.05) is 6.54 Å². The second kappa shape index (κ2) is 9.68. The number of hydrogen-bond donors (Lipinski definition) is 4. The number of hydrogen-bond acceptors (Lipinski definition) is 6. The fourth-order valence-electron chi connectivity index (χ4n) is 2.60. The van der Waals surface area contributed by atoms with Crippen LogP contribution in [0.25, 0.3) is 10.8 Å². The van der Waals surface area contributed by atoms with Crippen LogP contribution in [0, 0.1) is 0 Å². The molecule has 3 aromatic rings. The second-order valence-corrected chi connectivity index (χ2v) is 9.68. The predicted molar refractivity (Wildman–Crippen MR) is 120 cm³/mol. The number of H-pyrrole nitrogens is 1. The molecule has 0 spiro atoms. The molecule has 0 aliphatic rings. The van der Waals surface area contributed by atoms with Crippen molar-refractivity contribution in [3.63, 3.8) is 0 Å². The summed E-state index contributed by atoms with van der Waals surface area (Å²) in [7, 11) is -3.85. The SMILES string of the molecule is O=C(CCNS(=O)(=O)c1cc(Br)ccc1Br)NNC(=O)c1n[nH]c(=O)c2ccccc12. The van der Waals surface area contributed by atoms with Gasteiger partial charge in [-0.1, -0.05) is 34.1 Å². The maximum Gasteiger partial charge on any atom is 0.290 e. The molecule has 1 aromatic heterocycles. The van der Waals surface area contributed by atoms with Gasteiger partial charge in [0.05, 0.1) is 10.3 Å². The Morgan fingerprint density at radius 3 is 2.48 bits per heavy atom. The number of hydrazine groups is 1. The topological polar surface area (TPSA) is 150 Å². The summed E-state index contributed by atoms with van der Waals surface area (Å²) in [6, 6.07) is 11.1. The van der Waals surface area contributed by atoms with Crippen LogP contribution in [0.5, 0.6) is 0 Å². The molecule has 13 heteroatoms. The molecule has 1 heterocycles. The Labute approximate surface area is 193 Å². The fraction of sp³-hybridized carbons (Fsp3) is 0.111. The largest absolute Gasteiger partial charge is 0.290 e. The molecule has 0 bridgehead atoms. The molecule has 0 saturated carbocycles. The highest BCUT2D eigenvalue weighted by atomic mass is 79.9. The molecular formula is C18H15Br2N5O5S. The molecule has 0 aliphatic heterocycles. The number of aromatic nitrogens is 2. The Morgan fingerprint density at radius 2 is 1.74 bits per heavy atom. The van der Waals surface area contributed by atoms with Crippen molar-refractivity contribution < 1.29 is 18.0 Å². The summed E-state index contributed by atoms with van der Waals surface area (Å²) in [5, 5.41) is 6.55. The number of benzene rings is 2. The van der Waals surface area contributed by atoms with Crippen LogP contribution in [0.1, 0.15) is 16.9 Å². The molecule has 2 aromatic carbocycles. The van der Waals surface area contributed by atoms with E-state index in [-0.39, 0.29) is 28.9 Å². The van der Waals surface area contributed by atoms with Gasteiger partial charge in [-0.15, -0.1) is 0 Å². The van der Waals surface area contributed by atoms with E-state index in [1.54, 1.807) is 36.4 Å². The zero-order valence-electron chi connectivity index (χ0n) is 15.6. The maximum atomic E-state index is 12.4. The molecule has 162 valence electrons. The van der Waals surface area contributed by atoms with Crippen molar-refractivity contribution in [1.29, 1.82) is 0 Å². The van der Waals surface area contributed by atoms with Gasteiger partial charge in [0.2, 0.25) is 15.9 Å². The Morgan fingerprint density at radius 1 is 1.03 bits per heavy atom. The monoisotopic (exact) mass is 571 g/mol. The van der Waals surface area contributed by atoms with Crippen molar-refractivity contribution in [3.05, 3.63) is 67.5 Å². The van der Waals surface area contributed by atoms with Crippen molar-refractivity contribution in [1.82, 2.24) is 25.8 Å². The van der Waals surface area contributed by atoms with E-state index in [4.69, 9.17) is 0 Å². The van der Waals surface area contributed by atoms with E-state index in [1.807, 2.05) is 0 Å². The number of nitrogens with zero attached hydrogens (tertiary/aromatic N) is 1. The number of rotatable bonds is 6. The average molecular weight is 573 g/mol. The van der Waals surface area contributed by atoms with Crippen LogP contribution in [0.3, 0.4) is 0 Å². The van der Waals surface area contributed by atoms with E-state index in [9.17, 15) is 22.8 Å². The Balaban J connectivity index is 1.56. The van der Waals surface area contributed by atoms with Crippen molar-refractivity contribution >= 4 is 64.5 Å². The van der Waals surface area contributed by atoms with Crippen LogP contribution in [-0.2, 0) is 14.8 Å². The lowest BCUT2D eigenvalue weighted by atomic mass is 10.1. The van der Waals surface area contributed by atoms with E-state index >= 15 is 0 Å². The smallest absolute Gasteiger partial charge is 0.273 e. The molecular weight excluding hydrogens is 558 g/mol. The maximum absolute atomic E-state index is 12.4. The number of aromatic amines is 1. The van der Waals surface area contributed by atoms with Crippen LogP contribution in [-0.4, -0.2) is 37.0 Å². The van der Waals surface area contributed by atoms with Crippen LogP contribution in [0.15, 0.2) is 61.1 Å². The van der Waals surface area contributed by atoms with E-state index in [0.717, 1.165) is 0 Å². The highest BCUT2D eigenvalue weighted by Gasteiger charge is 2.19. The summed E-state index contributed by atoms with van der Waals surface area (Å²) in [5.41, 5.74) is 3.86. The number of amides is 2. The molecule has 0 fully saturated rings. The summed E-state index contributed by atoms with van der Waals surface area (Å²) >= 11 is 6.39. The summed E-state index contributed by atoms with van der Waals surface area (Å²) in [5.74, 6) is -1.36. The molecule has 0 aliphatic carbocycles. The van der Waals surface area contributed by atoms with Gasteiger partial charge >= 0.3 is 0 Å². The van der Waals surface area contributed by atoms with Crippen LogP contribution in [0.2, 0.25) is 0 Å². The van der Waals surface area contributed by atoms with Gasteiger partial charge < -0.3 is 0 Å². The minimum Gasteiger partial charge on any atom is -0.273 e. The van der Waals surface area contributed by atoms with E-state index in [2.05, 4.69) is 57.6 Å². The van der Waals surface area contributed by atoms with Crippen LogP contribution >= 0.6 is 31.9 Å². The first-order chi connectivity index (χ1) is 14.7. The third-order valence-electron chi connectivity index (χ3n) is 4.05. The second-order valence-electron chi connectivity index (χ2n) is 6.17. The van der Waals surface area contributed by atoms with Gasteiger partial charge in [-0.25, -0.2) is 18.2 Å². The summed E-state index contributed by atoms with van der Waals surface area (Å²) in [6.07, 6.45) is -0.231. The lowest BCUT2D eigenvalue weighted by molar-refractivity contribution is -0.121. The third-order valence-corrected chi connectivity index (χ3v) is 7.00. The van der Waals surface area contributed by atoms with Gasteiger partial charge in [-0.2, -0.15) is 5.10 Å². The van der Waals surface area contributed by atoms with Gasteiger partial charge in [0, 0.05) is 27.3 Å². The first-order valence-electron chi connectivity index (χ1n) is 8.70. The number of carbonyl (C=O) groups is 2. The fourth-order valence-corrected chi connectivity index (χ4v) is 5.13. The average Bonchev–Trinajstić information content (AvgIpc) is 2.74. The molecule has 10 nitrogen and oxygen atoms in total. The first kappa shape index (κ1) is 23.1. The molecule has 0 atom stereocenters. The normalized spacial score (nSPS) is 11.3. The van der Waals surface area contributed by atoms with Gasteiger partial charge in [-0.3, -0.25) is 25.2 Å². The minimum absolute atomic E-state index is 0.0200. The molecule has 31 heavy (non-hydrogen) atoms. The highest BCUT2D eigenvalue weighted by molar-refractivity contribution is 9.11. The lowest BCUT2D eigenvalue weighted by Crippen LogP contribution is -2.43. The van der Waals surface area contributed by atoms with E-state index in [0.29, 0.717) is 14.3 Å². The molecule has 2 amide bonds. The summed E-state index contributed by atoms with van der Waals surface area (Å²) < 4.78 is 28.1. The zero-order chi connectivity index (χ0) is 22.6. The predicted octanol–water partition coefficient (Wildman–Crippen LogP) is 1.58. The van der Waals surface area contributed by atoms with Crippen LogP contribution < -0.4 is 21.1 Å². The number of sulfonamides is 1. The summed E-state index contributed by atoms with van der Waals surface area (Å²) in [6.45, 7) is -0.192. The van der Waals surface area contributed by atoms with Crippen molar-refractivity contribution in [3.8, 4) is 0 Å². The quantitative estimate of drug-likeness (QED) is 0.329. The third kappa shape index (κ3) is 5.55. The van der Waals surface area contributed by atoms with Gasteiger partial charge in [-0.05, 0) is 40.2 Å². The standard InChI is InChI=1S/C18H15Br2N5O5S/c19-10-5-6-13(20)14(9-10)31(29,30)21-8-7-15(26)22-25-18(28)16-11-3-1-2-4-12(11)17(27)24-23-16/h1-6,9,21H,7-8H2,(H,22,26)(H,24,27)(H,25,28). The molecule has 0 unspecified atom stereocenters. The number of nitrogens with one attached hydrogen (secondary N) is 4. The molecule has 4 N–H and O–H groups in total. The molecule has 3 rings (SSSR count). The lowest BCUT2D eigenvalue weighted by Gasteiger charge is -2.10. The van der Waals surface area contributed by atoms with Gasteiger partial charge in [0.15, 0.2) is 5.69 Å². The Bertz CT molecular complexity index is 1330. The highest BCUT2D eigenvalue weighted by Crippen LogP contribution is 2.25. The Hall–Kier alpha value is -2.61. The Kier molecular flexibility index (Phi) is 7.20. The number of halogens is 2.